The first-order valence-electron chi connectivity index (χ1n) is 8.70. The second kappa shape index (κ2) is 7.48. The summed E-state index contributed by atoms with van der Waals surface area (Å²) in [6.07, 6.45) is 4.48. The SMILES string of the molecule is CC(Cn1c(N)nc2c(C3CCCCC3)nc(N)nc21)OCP(=O)(O)O. The molecule has 0 amide bonds. The third kappa shape index (κ3) is 4.32. The van der Waals surface area contributed by atoms with E-state index >= 15 is 0 Å². The molecule has 0 spiro atoms. The molecule has 0 saturated heterocycles. The molecule has 3 rings (SSSR count). The summed E-state index contributed by atoms with van der Waals surface area (Å²) >= 11 is 0. The van der Waals surface area contributed by atoms with Crippen molar-refractivity contribution in [1.82, 2.24) is 19.5 Å². The Balaban J connectivity index is 1.90. The van der Waals surface area contributed by atoms with Crippen molar-refractivity contribution < 1.29 is 19.1 Å². The number of rotatable bonds is 6. The van der Waals surface area contributed by atoms with Gasteiger partial charge in [-0.1, -0.05) is 19.3 Å². The van der Waals surface area contributed by atoms with Crippen LogP contribution in [0.1, 0.15) is 50.6 Å². The van der Waals surface area contributed by atoms with Gasteiger partial charge in [-0.2, -0.15) is 4.98 Å². The Morgan fingerprint density at radius 2 is 1.92 bits per heavy atom. The molecular weight excluding hydrogens is 359 g/mol. The van der Waals surface area contributed by atoms with E-state index in [4.69, 9.17) is 26.0 Å². The monoisotopic (exact) mass is 384 g/mol. The van der Waals surface area contributed by atoms with Gasteiger partial charge in [-0.3, -0.25) is 9.13 Å². The van der Waals surface area contributed by atoms with Crippen LogP contribution >= 0.6 is 7.60 Å². The Hall–Kier alpha value is -1.74. The summed E-state index contributed by atoms with van der Waals surface area (Å²) in [5.74, 6) is 0.717. The van der Waals surface area contributed by atoms with E-state index in [1.165, 1.54) is 6.42 Å². The van der Waals surface area contributed by atoms with Crippen LogP contribution in [0.5, 0.6) is 0 Å². The van der Waals surface area contributed by atoms with E-state index in [0.717, 1.165) is 31.4 Å². The predicted molar refractivity (Wildman–Crippen MR) is 97.4 cm³/mol. The van der Waals surface area contributed by atoms with Gasteiger partial charge in [0, 0.05) is 5.92 Å². The lowest BCUT2D eigenvalue weighted by Gasteiger charge is -2.21. The van der Waals surface area contributed by atoms with E-state index in [2.05, 4.69) is 15.0 Å². The van der Waals surface area contributed by atoms with Crippen molar-refractivity contribution in [1.29, 1.82) is 0 Å². The quantitative estimate of drug-likeness (QED) is 0.541. The molecular formula is C15H25N6O4P. The third-order valence-corrected chi connectivity index (χ3v) is 5.11. The van der Waals surface area contributed by atoms with Gasteiger partial charge in [0.15, 0.2) is 5.65 Å². The fraction of sp³-hybridized carbons (Fsp3) is 0.667. The minimum Gasteiger partial charge on any atom is -0.369 e. The lowest BCUT2D eigenvalue weighted by Crippen LogP contribution is -2.19. The zero-order chi connectivity index (χ0) is 18.9. The molecule has 2 aromatic rings. The summed E-state index contributed by atoms with van der Waals surface area (Å²) in [6.45, 7) is 1.95. The number of ether oxygens (including phenoxy) is 1. The van der Waals surface area contributed by atoms with Crippen LogP contribution in [-0.4, -0.2) is 41.8 Å². The maximum absolute atomic E-state index is 11.0. The van der Waals surface area contributed by atoms with Gasteiger partial charge in [-0.15, -0.1) is 0 Å². The van der Waals surface area contributed by atoms with E-state index in [0.29, 0.717) is 17.1 Å². The van der Waals surface area contributed by atoms with E-state index < -0.39 is 20.0 Å². The highest BCUT2D eigenvalue weighted by molar-refractivity contribution is 7.51. The number of aromatic nitrogens is 4. The maximum atomic E-state index is 11.0. The standard InChI is InChI=1S/C15H25N6O4P/c1-9(25-8-26(22,23)24)7-21-13-12(19-15(21)17)11(18-14(16)20-13)10-5-3-2-4-6-10/h9-10H,2-8H2,1H3,(H2,17,19)(H2,16,18,20)(H2,22,23,24). The van der Waals surface area contributed by atoms with Crippen molar-refractivity contribution in [3.05, 3.63) is 5.69 Å². The second-order valence-corrected chi connectivity index (χ2v) is 8.41. The normalized spacial score (nSPS) is 17.7. The number of fused-ring (bicyclic) bond motifs is 1. The van der Waals surface area contributed by atoms with Crippen molar-refractivity contribution in [3.8, 4) is 0 Å². The highest BCUT2D eigenvalue weighted by atomic mass is 31.2. The third-order valence-electron chi connectivity index (χ3n) is 4.63. The van der Waals surface area contributed by atoms with Crippen LogP contribution in [0.25, 0.3) is 11.2 Å². The summed E-state index contributed by atoms with van der Waals surface area (Å²) in [6, 6.07) is 0. The smallest absolute Gasteiger partial charge is 0.350 e. The molecule has 1 unspecified atom stereocenters. The summed E-state index contributed by atoms with van der Waals surface area (Å²) in [5, 5.41) is 0. The molecule has 0 bridgehead atoms. The first kappa shape index (κ1) is 19.0. The van der Waals surface area contributed by atoms with E-state index in [1.54, 1.807) is 11.5 Å². The number of anilines is 2. The number of nitrogens with zero attached hydrogens (tertiary/aromatic N) is 4. The van der Waals surface area contributed by atoms with Crippen LogP contribution in [0.3, 0.4) is 0 Å². The van der Waals surface area contributed by atoms with Crippen LogP contribution in [0.15, 0.2) is 0 Å². The first-order valence-corrected chi connectivity index (χ1v) is 10.5. The molecule has 2 heterocycles. The molecule has 10 nitrogen and oxygen atoms in total. The topological polar surface area (TPSA) is 162 Å². The zero-order valence-electron chi connectivity index (χ0n) is 14.7. The number of nitrogen functional groups attached to an aromatic ring is 2. The molecule has 1 aliphatic carbocycles. The zero-order valence-corrected chi connectivity index (χ0v) is 15.6. The first-order chi connectivity index (χ1) is 12.2. The van der Waals surface area contributed by atoms with Gasteiger partial charge < -0.3 is 26.0 Å². The Morgan fingerprint density at radius 1 is 1.23 bits per heavy atom. The van der Waals surface area contributed by atoms with E-state index in [-0.39, 0.29) is 18.4 Å². The van der Waals surface area contributed by atoms with Crippen LogP contribution in [0.4, 0.5) is 11.9 Å². The van der Waals surface area contributed by atoms with Crippen LogP contribution < -0.4 is 11.5 Å². The Bertz CT molecular complexity index is 829. The minimum atomic E-state index is -4.23. The van der Waals surface area contributed by atoms with E-state index in [1.807, 2.05) is 0 Å². The number of nitrogens with two attached hydrogens (primary N) is 2. The van der Waals surface area contributed by atoms with Crippen molar-refractivity contribution in [3.63, 3.8) is 0 Å². The lowest BCUT2D eigenvalue weighted by molar-refractivity contribution is 0.0768. The van der Waals surface area contributed by atoms with Gasteiger partial charge >= 0.3 is 7.60 Å². The Morgan fingerprint density at radius 3 is 2.58 bits per heavy atom. The number of hydrogen-bond donors (Lipinski definition) is 4. The lowest BCUT2D eigenvalue weighted by atomic mass is 9.86. The average Bonchev–Trinajstić information content (AvgIpc) is 2.88. The van der Waals surface area contributed by atoms with Crippen molar-refractivity contribution >= 4 is 30.7 Å². The Kier molecular flexibility index (Phi) is 5.47. The fourth-order valence-electron chi connectivity index (χ4n) is 3.43. The van der Waals surface area contributed by atoms with Gasteiger partial charge in [0.25, 0.3) is 0 Å². The van der Waals surface area contributed by atoms with Gasteiger partial charge in [0.1, 0.15) is 11.9 Å². The molecule has 0 radical (unpaired) electrons. The molecule has 2 aromatic heterocycles. The fourth-order valence-corrected chi connectivity index (χ4v) is 3.88. The molecule has 1 aliphatic rings. The maximum Gasteiger partial charge on any atom is 0.350 e. The van der Waals surface area contributed by atoms with Crippen molar-refractivity contribution in [2.45, 2.75) is 57.6 Å². The Labute approximate surface area is 151 Å². The number of imidazole rings is 1. The van der Waals surface area contributed by atoms with Gasteiger partial charge in [0.2, 0.25) is 11.9 Å². The summed E-state index contributed by atoms with van der Waals surface area (Å²) in [4.78, 5) is 31.0. The van der Waals surface area contributed by atoms with Crippen LogP contribution in [0.2, 0.25) is 0 Å². The molecule has 144 valence electrons. The van der Waals surface area contributed by atoms with Crippen LogP contribution in [0, 0.1) is 0 Å². The molecule has 1 saturated carbocycles. The summed E-state index contributed by atoms with van der Waals surface area (Å²) < 4.78 is 17.8. The van der Waals surface area contributed by atoms with Gasteiger partial charge in [0.05, 0.1) is 18.3 Å². The highest BCUT2D eigenvalue weighted by Gasteiger charge is 2.25. The largest absolute Gasteiger partial charge is 0.369 e. The van der Waals surface area contributed by atoms with Gasteiger partial charge in [-0.25, -0.2) is 9.97 Å². The molecule has 1 atom stereocenters. The molecule has 6 N–H and O–H groups in total. The number of hydrogen-bond acceptors (Lipinski definition) is 7. The highest BCUT2D eigenvalue weighted by Crippen LogP contribution is 2.36. The van der Waals surface area contributed by atoms with Crippen LogP contribution in [-0.2, 0) is 15.8 Å². The predicted octanol–water partition coefficient (Wildman–Crippen LogP) is 1.58. The summed E-state index contributed by atoms with van der Waals surface area (Å²) in [5.41, 5.74) is 14.0. The molecule has 11 heteroatoms. The van der Waals surface area contributed by atoms with E-state index in [9.17, 15) is 4.57 Å². The minimum absolute atomic E-state index is 0.169. The second-order valence-electron chi connectivity index (χ2n) is 6.83. The average molecular weight is 384 g/mol. The van der Waals surface area contributed by atoms with Gasteiger partial charge in [-0.05, 0) is 19.8 Å². The molecule has 26 heavy (non-hydrogen) atoms. The summed E-state index contributed by atoms with van der Waals surface area (Å²) in [7, 11) is -4.23. The van der Waals surface area contributed by atoms with Crippen molar-refractivity contribution in [2.75, 3.05) is 17.8 Å². The molecule has 0 aliphatic heterocycles. The molecule has 0 aromatic carbocycles. The van der Waals surface area contributed by atoms with Crippen molar-refractivity contribution in [2.24, 2.45) is 0 Å². The molecule has 1 fully saturated rings.